The van der Waals surface area contributed by atoms with Crippen molar-refractivity contribution in [1.29, 1.82) is 0 Å². The minimum absolute atomic E-state index is 0.449. The molecule has 3 atom stereocenters. The molecular formula is C18H30N2. The van der Waals surface area contributed by atoms with Gasteiger partial charge in [-0.3, -0.25) is 0 Å². The maximum atomic E-state index is 3.83. The fourth-order valence-corrected chi connectivity index (χ4v) is 3.16. The normalized spacial score (nSPS) is 25.0. The van der Waals surface area contributed by atoms with Gasteiger partial charge >= 0.3 is 0 Å². The molecule has 0 heterocycles. The third-order valence-electron chi connectivity index (χ3n) is 4.65. The number of hydrogen-bond acceptors (Lipinski definition) is 2. The van der Waals surface area contributed by atoms with Gasteiger partial charge in [0.2, 0.25) is 0 Å². The third-order valence-corrected chi connectivity index (χ3v) is 4.65. The fourth-order valence-electron chi connectivity index (χ4n) is 3.16. The summed E-state index contributed by atoms with van der Waals surface area (Å²) in [7, 11) is 4.17. The van der Waals surface area contributed by atoms with Gasteiger partial charge in [0.15, 0.2) is 0 Å². The lowest BCUT2D eigenvalue weighted by Crippen LogP contribution is -2.31. The summed E-state index contributed by atoms with van der Waals surface area (Å²) in [5.74, 6) is 0.913. The molecule has 20 heavy (non-hydrogen) atoms. The van der Waals surface area contributed by atoms with E-state index in [0.717, 1.165) is 5.92 Å². The van der Waals surface area contributed by atoms with Gasteiger partial charge in [-0.25, -0.2) is 0 Å². The van der Waals surface area contributed by atoms with Crippen LogP contribution in [-0.2, 0) is 0 Å². The first kappa shape index (κ1) is 15.4. The highest BCUT2D eigenvalue weighted by atomic mass is 15.1. The SMILES string of the molecule is CC1CCCC(NC(C)c2ccc(N(C)C)cc2)CC1. The van der Waals surface area contributed by atoms with Crippen LogP contribution < -0.4 is 10.2 Å². The molecule has 2 heteroatoms. The smallest absolute Gasteiger partial charge is 0.0361 e. The van der Waals surface area contributed by atoms with E-state index in [4.69, 9.17) is 0 Å². The van der Waals surface area contributed by atoms with Gasteiger partial charge in [-0.05, 0) is 49.8 Å². The van der Waals surface area contributed by atoms with Crippen LogP contribution in [0.4, 0.5) is 5.69 Å². The zero-order valence-corrected chi connectivity index (χ0v) is 13.5. The summed E-state index contributed by atoms with van der Waals surface area (Å²) in [6, 6.07) is 10.1. The Kier molecular flexibility index (Phi) is 5.47. The van der Waals surface area contributed by atoms with Crippen molar-refractivity contribution in [2.75, 3.05) is 19.0 Å². The molecule has 1 N–H and O–H groups in total. The maximum absolute atomic E-state index is 3.83. The molecule has 0 bridgehead atoms. The molecule has 1 aromatic carbocycles. The van der Waals surface area contributed by atoms with E-state index in [2.05, 4.69) is 62.4 Å². The van der Waals surface area contributed by atoms with Crippen LogP contribution in [0.1, 0.15) is 57.6 Å². The summed E-state index contributed by atoms with van der Waals surface area (Å²) < 4.78 is 0. The van der Waals surface area contributed by atoms with Crippen LogP contribution >= 0.6 is 0 Å². The summed E-state index contributed by atoms with van der Waals surface area (Å²) in [5.41, 5.74) is 2.66. The number of rotatable bonds is 4. The molecule has 112 valence electrons. The molecule has 1 aliphatic carbocycles. The van der Waals surface area contributed by atoms with Crippen LogP contribution in [0.25, 0.3) is 0 Å². The molecule has 0 aromatic heterocycles. The summed E-state index contributed by atoms with van der Waals surface area (Å²) in [6.45, 7) is 4.69. The van der Waals surface area contributed by atoms with Crippen molar-refractivity contribution in [1.82, 2.24) is 5.32 Å². The van der Waals surface area contributed by atoms with Gasteiger partial charge in [0.05, 0.1) is 0 Å². The van der Waals surface area contributed by atoms with E-state index in [0.29, 0.717) is 12.1 Å². The first-order valence-electron chi connectivity index (χ1n) is 8.09. The van der Waals surface area contributed by atoms with Crippen molar-refractivity contribution in [2.24, 2.45) is 5.92 Å². The predicted molar refractivity (Wildman–Crippen MR) is 88.4 cm³/mol. The predicted octanol–water partition coefficient (Wildman–Crippen LogP) is 4.37. The molecule has 1 aliphatic rings. The minimum Gasteiger partial charge on any atom is -0.378 e. The Morgan fingerprint density at radius 2 is 1.75 bits per heavy atom. The summed E-state index contributed by atoms with van der Waals surface area (Å²) >= 11 is 0. The number of nitrogens with one attached hydrogen (secondary N) is 1. The number of anilines is 1. The Balaban J connectivity index is 1.92. The molecule has 0 aliphatic heterocycles. The van der Waals surface area contributed by atoms with E-state index >= 15 is 0 Å². The highest BCUT2D eigenvalue weighted by Gasteiger charge is 2.18. The molecule has 0 spiro atoms. The van der Waals surface area contributed by atoms with E-state index < -0.39 is 0 Å². The van der Waals surface area contributed by atoms with Gasteiger partial charge in [-0.2, -0.15) is 0 Å². The molecule has 1 fully saturated rings. The largest absolute Gasteiger partial charge is 0.378 e. The summed E-state index contributed by atoms with van der Waals surface area (Å²) in [4.78, 5) is 2.15. The van der Waals surface area contributed by atoms with Crippen LogP contribution in [0.3, 0.4) is 0 Å². The Morgan fingerprint density at radius 1 is 1.05 bits per heavy atom. The van der Waals surface area contributed by atoms with Gasteiger partial charge in [-0.1, -0.05) is 31.9 Å². The third kappa shape index (κ3) is 4.24. The van der Waals surface area contributed by atoms with E-state index in [1.807, 2.05) is 0 Å². The molecule has 1 aromatic rings. The van der Waals surface area contributed by atoms with Crippen molar-refractivity contribution in [2.45, 2.75) is 58.0 Å². The lowest BCUT2D eigenvalue weighted by molar-refractivity contribution is 0.408. The second-order valence-electron chi connectivity index (χ2n) is 6.68. The van der Waals surface area contributed by atoms with Crippen molar-refractivity contribution in [3.63, 3.8) is 0 Å². The van der Waals surface area contributed by atoms with Gasteiger partial charge in [-0.15, -0.1) is 0 Å². The Morgan fingerprint density at radius 3 is 2.40 bits per heavy atom. The zero-order chi connectivity index (χ0) is 14.5. The van der Waals surface area contributed by atoms with Crippen LogP contribution in [0.2, 0.25) is 0 Å². The van der Waals surface area contributed by atoms with Crippen LogP contribution in [-0.4, -0.2) is 20.1 Å². The van der Waals surface area contributed by atoms with Gasteiger partial charge in [0.1, 0.15) is 0 Å². The lowest BCUT2D eigenvalue weighted by atomic mass is 10.0. The molecule has 1 saturated carbocycles. The first-order valence-corrected chi connectivity index (χ1v) is 8.09. The van der Waals surface area contributed by atoms with Gasteiger partial charge < -0.3 is 10.2 Å². The van der Waals surface area contributed by atoms with Crippen LogP contribution in [0.15, 0.2) is 24.3 Å². The van der Waals surface area contributed by atoms with Gasteiger partial charge in [0.25, 0.3) is 0 Å². The quantitative estimate of drug-likeness (QED) is 0.820. The average Bonchev–Trinajstić information content (AvgIpc) is 2.64. The second kappa shape index (κ2) is 7.12. The zero-order valence-electron chi connectivity index (χ0n) is 13.5. The molecule has 0 radical (unpaired) electrons. The molecule has 0 amide bonds. The Hall–Kier alpha value is -1.02. The van der Waals surface area contributed by atoms with Crippen LogP contribution in [0.5, 0.6) is 0 Å². The highest BCUT2D eigenvalue weighted by molar-refractivity contribution is 5.46. The molecule has 2 nitrogen and oxygen atoms in total. The number of hydrogen-bond donors (Lipinski definition) is 1. The Labute approximate surface area is 124 Å². The number of nitrogens with zero attached hydrogens (tertiary/aromatic N) is 1. The second-order valence-corrected chi connectivity index (χ2v) is 6.68. The minimum atomic E-state index is 0.449. The standard InChI is InChI=1S/C18H30N2/c1-14-6-5-7-17(11-8-14)19-15(2)16-9-12-18(13-10-16)20(3)4/h9-10,12-15,17,19H,5-8,11H2,1-4H3. The van der Waals surface area contributed by atoms with Crippen LogP contribution in [0, 0.1) is 5.92 Å². The van der Waals surface area contributed by atoms with Crippen molar-refractivity contribution >= 4 is 5.69 Å². The van der Waals surface area contributed by atoms with E-state index in [1.54, 1.807) is 0 Å². The van der Waals surface area contributed by atoms with E-state index in [-0.39, 0.29) is 0 Å². The number of benzene rings is 1. The first-order chi connectivity index (χ1) is 9.56. The Bertz CT molecular complexity index is 396. The highest BCUT2D eigenvalue weighted by Crippen LogP contribution is 2.25. The van der Waals surface area contributed by atoms with E-state index in [1.165, 1.54) is 43.4 Å². The van der Waals surface area contributed by atoms with Crippen molar-refractivity contribution in [3.8, 4) is 0 Å². The topological polar surface area (TPSA) is 15.3 Å². The maximum Gasteiger partial charge on any atom is 0.0361 e. The lowest BCUT2D eigenvalue weighted by Gasteiger charge is -2.23. The van der Waals surface area contributed by atoms with Gasteiger partial charge in [0, 0.05) is 31.9 Å². The molecule has 0 saturated heterocycles. The average molecular weight is 274 g/mol. The summed E-state index contributed by atoms with van der Waals surface area (Å²) in [6.07, 6.45) is 6.84. The molecule has 2 rings (SSSR count). The van der Waals surface area contributed by atoms with E-state index in [9.17, 15) is 0 Å². The summed E-state index contributed by atoms with van der Waals surface area (Å²) in [5, 5.41) is 3.83. The van der Waals surface area contributed by atoms with Crippen molar-refractivity contribution in [3.05, 3.63) is 29.8 Å². The van der Waals surface area contributed by atoms with Crippen molar-refractivity contribution < 1.29 is 0 Å². The molecule has 3 unspecified atom stereocenters. The monoisotopic (exact) mass is 274 g/mol. The fraction of sp³-hybridized carbons (Fsp3) is 0.667. The molecular weight excluding hydrogens is 244 g/mol.